The lowest BCUT2D eigenvalue weighted by atomic mass is 10.1. The molecule has 2 heterocycles. The topological polar surface area (TPSA) is 25.2 Å². The molecule has 17 heavy (non-hydrogen) atoms. The Kier molecular flexibility index (Phi) is 4.68. The van der Waals surface area contributed by atoms with Gasteiger partial charge in [0, 0.05) is 15.4 Å². The van der Waals surface area contributed by atoms with E-state index >= 15 is 0 Å². The predicted molar refractivity (Wildman–Crippen MR) is 75.9 cm³/mol. The zero-order valence-corrected chi connectivity index (χ0v) is 12.5. The van der Waals surface area contributed by atoms with Gasteiger partial charge in [0.25, 0.3) is 0 Å². The Morgan fingerprint density at radius 1 is 1.47 bits per heavy atom. The van der Waals surface area contributed by atoms with Gasteiger partial charge in [-0.1, -0.05) is 6.92 Å². The molecule has 0 saturated heterocycles. The van der Waals surface area contributed by atoms with Crippen LogP contribution >= 0.6 is 38.9 Å². The van der Waals surface area contributed by atoms with Gasteiger partial charge in [0.1, 0.15) is 5.76 Å². The van der Waals surface area contributed by atoms with Gasteiger partial charge >= 0.3 is 0 Å². The second-order valence-corrected chi connectivity index (χ2v) is 5.67. The van der Waals surface area contributed by atoms with Crippen molar-refractivity contribution in [2.24, 2.45) is 0 Å². The number of thiophene rings is 1. The second-order valence-electron chi connectivity index (χ2n) is 3.70. The van der Waals surface area contributed by atoms with Crippen LogP contribution in [0.3, 0.4) is 0 Å². The van der Waals surface area contributed by atoms with Gasteiger partial charge < -0.3 is 9.73 Å². The molecule has 2 aromatic heterocycles. The van der Waals surface area contributed by atoms with Crippen LogP contribution < -0.4 is 5.32 Å². The Hall–Kier alpha value is -0.290. The average Bonchev–Trinajstić information content (AvgIpc) is 2.90. The minimum Gasteiger partial charge on any atom is -0.448 e. The first kappa shape index (κ1) is 13.1. The van der Waals surface area contributed by atoms with E-state index < -0.39 is 0 Å². The van der Waals surface area contributed by atoms with E-state index in [-0.39, 0.29) is 6.04 Å². The Balaban J connectivity index is 2.28. The fraction of sp³-hybridized carbons (Fsp3) is 0.333. The molecule has 0 saturated carbocycles. The molecule has 92 valence electrons. The Labute approximate surface area is 118 Å². The van der Waals surface area contributed by atoms with Crippen molar-refractivity contribution >= 4 is 38.9 Å². The lowest BCUT2D eigenvalue weighted by Gasteiger charge is -2.15. The van der Waals surface area contributed by atoms with Crippen molar-refractivity contribution in [2.45, 2.75) is 19.4 Å². The van der Waals surface area contributed by atoms with E-state index in [2.05, 4.69) is 38.9 Å². The highest BCUT2D eigenvalue weighted by Gasteiger charge is 2.20. The van der Waals surface area contributed by atoms with E-state index in [9.17, 15) is 0 Å². The molecule has 1 unspecified atom stereocenters. The number of halogens is 2. The third-order valence-electron chi connectivity index (χ3n) is 2.43. The molecular formula is C12H13BrClNOS. The third kappa shape index (κ3) is 3.13. The summed E-state index contributed by atoms with van der Waals surface area (Å²) in [5.74, 6) is 0.850. The van der Waals surface area contributed by atoms with Crippen molar-refractivity contribution in [3.05, 3.63) is 43.9 Å². The molecule has 0 radical (unpaired) electrons. The molecule has 0 aliphatic heterocycles. The monoisotopic (exact) mass is 333 g/mol. The van der Waals surface area contributed by atoms with E-state index in [1.54, 1.807) is 17.4 Å². The van der Waals surface area contributed by atoms with Gasteiger partial charge in [-0.05, 0) is 58.0 Å². The van der Waals surface area contributed by atoms with E-state index in [1.807, 2.05) is 6.07 Å². The zero-order chi connectivity index (χ0) is 12.3. The number of furan rings is 1. The second kappa shape index (κ2) is 6.05. The summed E-state index contributed by atoms with van der Waals surface area (Å²) >= 11 is 11.1. The average molecular weight is 335 g/mol. The lowest BCUT2D eigenvalue weighted by Crippen LogP contribution is -2.22. The smallest absolute Gasteiger partial charge is 0.193 e. The van der Waals surface area contributed by atoms with Crippen LogP contribution in [0.25, 0.3) is 0 Å². The van der Waals surface area contributed by atoms with E-state index in [1.165, 1.54) is 5.56 Å². The van der Waals surface area contributed by atoms with Crippen LogP contribution in [0.2, 0.25) is 5.22 Å². The highest BCUT2D eigenvalue weighted by Crippen LogP contribution is 2.33. The molecule has 1 atom stereocenters. The zero-order valence-electron chi connectivity index (χ0n) is 9.37. The SMILES string of the molecule is CCCNC(c1ccc(Cl)o1)c1cscc1Br. The Bertz CT molecular complexity index is 482. The molecular weight excluding hydrogens is 322 g/mol. The molecule has 2 rings (SSSR count). The van der Waals surface area contributed by atoms with Gasteiger partial charge in [-0.2, -0.15) is 11.3 Å². The van der Waals surface area contributed by atoms with Gasteiger partial charge in [-0.15, -0.1) is 0 Å². The van der Waals surface area contributed by atoms with Crippen LogP contribution in [0.15, 0.2) is 31.8 Å². The molecule has 0 spiro atoms. The van der Waals surface area contributed by atoms with Crippen LogP contribution in [0, 0.1) is 0 Å². The minimum atomic E-state index is 0.0584. The summed E-state index contributed by atoms with van der Waals surface area (Å²) in [7, 11) is 0. The van der Waals surface area contributed by atoms with Gasteiger partial charge in [-0.3, -0.25) is 0 Å². The maximum atomic E-state index is 5.84. The quantitative estimate of drug-likeness (QED) is 0.846. The molecule has 0 aliphatic carbocycles. The molecule has 1 N–H and O–H groups in total. The first-order valence-corrected chi connectivity index (χ1v) is 7.54. The fourth-order valence-corrected chi connectivity index (χ4v) is 3.34. The molecule has 2 nitrogen and oxygen atoms in total. The van der Waals surface area contributed by atoms with Gasteiger partial charge in [-0.25, -0.2) is 0 Å². The van der Waals surface area contributed by atoms with Crippen LogP contribution in [-0.4, -0.2) is 6.54 Å². The van der Waals surface area contributed by atoms with Crippen molar-refractivity contribution in [3.63, 3.8) is 0 Å². The van der Waals surface area contributed by atoms with Crippen molar-refractivity contribution in [1.29, 1.82) is 0 Å². The number of hydrogen-bond acceptors (Lipinski definition) is 3. The molecule has 0 fully saturated rings. The normalized spacial score (nSPS) is 12.9. The van der Waals surface area contributed by atoms with Gasteiger partial charge in [0.15, 0.2) is 5.22 Å². The van der Waals surface area contributed by atoms with Gasteiger partial charge in [0.05, 0.1) is 6.04 Å². The van der Waals surface area contributed by atoms with E-state index in [0.29, 0.717) is 5.22 Å². The summed E-state index contributed by atoms with van der Waals surface area (Å²) in [6, 6.07) is 3.75. The number of hydrogen-bond donors (Lipinski definition) is 1. The molecule has 0 aromatic carbocycles. The van der Waals surface area contributed by atoms with Crippen molar-refractivity contribution in [2.75, 3.05) is 6.54 Å². The maximum Gasteiger partial charge on any atom is 0.193 e. The first-order chi connectivity index (χ1) is 8.22. The summed E-state index contributed by atoms with van der Waals surface area (Å²) in [6.07, 6.45) is 1.08. The summed E-state index contributed by atoms with van der Waals surface area (Å²) in [5, 5.41) is 8.08. The summed E-state index contributed by atoms with van der Waals surface area (Å²) < 4.78 is 6.61. The minimum absolute atomic E-state index is 0.0584. The molecule has 0 bridgehead atoms. The first-order valence-electron chi connectivity index (χ1n) is 5.42. The number of nitrogens with one attached hydrogen (secondary N) is 1. The molecule has 5 heteroatoms. The highest BCUT2D eigenvalue weighted by molar-refractivity contribution is 9.10. The van der Waals surface area contributed by atoms with Crippen LogP contribution in [0.1, 0.15) is 30.7 Å². The lowest BCUT2D eigenvalue weighted by molar-refractivity contribution is 0.448. The fourth-order valence-electron chi connectivity index (χ4n) is 1.63. The number of rotatable bonds is 5. The molecule has 2 aromatic rings. The third-order valence-corrected chi connectivity index (χ3v) is 4.39. The van der Waals surface area contributed by atoms with Gasteiger partial charge in [0.2, 0.25) is 0 Å². The van der Waals surface area contributed by atoms with E-state index in [0.717, 1.165) is 23.2 Å². The predicted octanol–water partition coefficient (Wildman–Crippen LogP) is 4.85. The van der Waals surface area contributed by atoms with Crippen molar-refractivity contribution in [3.8, 4) is 0 Å². The van der Waals surface area contributed by atoms with Crippen LogP contribution in [-0.2, 0) is 0 Å². The summed E-state index contributed by atoms with van der Waals surface area (Å²) in [6.45, 7) is 3.08. The van der Waals surface area contributed by atoms with Crippen LogP contribution in [0.5, 0.6) is 0 Å². The Morgan fingerprint density at radius 2 is 2.29 bits per heavy atom. The summed E-state index contributed by atoms with van der Waals surface area (Å²) in [5.41, 5.74) is 1.19. The van der Waals surface area contributed by atoms with E-state index in [4.69, 9.17) is 16.0 Å². The maximum absolute atomic E-state index is 5.84. The van der Waals surface area contributed by atoms with Crippen LogP contribution in [0.4, 0.5) is 0 Å². The highest BCUT2D eigenvalue weighted by atomic mass is 79.9. The summed E-state index contributed by atoms with van der Waals surface area (Å²) in [4.78, 5) is 0. The standard InChI is InChI=1S/C12H13BrClNOS/c1-2-5-15-12(8-6-17-7-9(8)13)10-3-4-11(14)16-10/h3-4,6-7,12,15H,2,5H2,1H3. The largest absolute Gasteiger partial charge is 0.448 e. The molecule has 0 amide bonds. The van der Waals surface area contributed by atoms with Crippen molar-refractivity contribution < 1.29 is 4.42 Å². The molecule has 0 aliphatic rings. The Morgan fingerprint density at radius 3 is 2.82 bits per heavy atom. The van der Waals surface area contributed by atoms with Crippen molar-refractivity contribution in [1.82, 2.24) is 5.32 Å².